The van der Waals surface area contributed by atoms with E-state index in [2.05, 4.69) is 15.3 Å². The molecule has 0 unspecified atom stereocenters. The summed E-state index contributed by atoms with van der Waals surface area (Å²) in [7, 11) is 2.94. The summed E-state index contributed by atoms with van der Waals surface area (Å²) in [6.07, 6.45) is 0. The van der Waals surface area contributed by atoms with E-state index in [1.54, 1.807) is 31.3 Å². The normalized spacial score (nSPS) is 11.2. The molecule has 3 rings (SSSR count). The van der Waals surface area contributed by atoms with Crippen LogP contribution < -0.4 is 16.6 Å². The van der Waals surface area contributed by atoms with Crippen LogP contribution in [0, 0.1) is 0 Å². The molecule has 31 heavy (non-hydrogen) atoms. The molecule has 2 heterocycles. The van der Waals surface area contributed by atoms with Crippen molar-refractivity contribution in [3.8, 4) is 0 Å². The van der Waals surface area contributed by atoms with Crippen molar-refractivity contribution in [2.45, 2.75) is 31.7 Å². The number of hydrogen-bond donors (Lipinski definition) is 1. The summed E-state index contributed by atoms with van der Waals surface area (Å²) < 4.78 is 2.31. The number of carbonyl (C=O) groups is 2. The summed E-state index contributed by atoms with van der Waals surface area (Å²) in [5.74, 6) is 0.112. The molecule has 3 aromatic rings. The first-order valence-electron chi connectivity index (χ1n) is 9.61. The van der Waals surface area contributed by atoms with Crippen LogP contribution in [0.2, 0.25) is 0 Å². The maximum atomic E-state index is 12.8. The highest BCUT2D eigenvalue weighted by atomic mass is 32.2. The molecule has 2 aromatic heterocycles. The van der Waals surface area contributed by atoms with Crippen LogP contribution in [0.4, 0.5) is 5.69 Å². The molecule has 0 bridgehead atoms. The third-order valence-electron chi connectivity index (χ3n) is 4.72. The number of amides is 1. The number of Topliss-reactive ketones (excluding diaryl/α,β-unsaturated/α-hetero) is 1. The Hall–Kier alpha value is -3.27. The maximum absolute atomic E-state index is 12.8. The third-order valence-corrected chi connectivity index (χ3v) is 5.69. The molecule has 9 nitrogen and oxygen atoms in total. The van der Waals surface area contributed by atoms with E-state index in [0.29, 0.717) is 22.1 Å². The van der Waals surface area contributed by atoms with E-state index in [4.69, 9.17) is 0 Å². The highest BCUT2D eigenvalue weighted by molar-refractivity contribution is 8.00. The number of ketones is 1. The zero-order valence-corrected chi connectivity index (χ0v) is 18.7. The Labute approximate surface area is 182 Å². The average molecular weight is 442 g/mol. The Morgan fingerprint density at radius 2 is 1.71 bits per heavy atom. The van der Waals surface area contributed by atoms with Gasteiger partial charge in [0.2, 0.25) is 5.91 Å². The molecule has 0 aliphatic heterocycles. The molecule has 162 valence electrons. The minimum Gasteiger partial charge on any atom is -0.325 e. The fourth-order valence-corrected chi connectivity index (χ4v) is 3.75. The molecule has 0 saturated carbocycles. The number of thioether (sulfide) groups is 1. The molecule has 1 amide bonds. The SMILES string of the molecule is CC(=O)c1ccc(NC(=O)CSc2nc(C(C)C)nc3c2c(=O)n(C)c(=O)n3C)cc1. The van der Waals surface area contributed by atoms with Gasteiger partial charge in [-0.05, 0) is 31.2 Å². The van der Waals surface area contributed by atoms with Gasteiger partial charge in [-0.1, -0.05) is 25.6 Å². The van der Waals surface area contributed by atoms with E-state index >= 15 is 0 Å². The number of nitrogens with one attached hydrogen (secondary N) is 1. The Morgan fingerprint density at radius 3 is 2.29 bits per heavy atom. The van der Waals surface area contributed by atoms with Crippen molar-refractivity contribution in [3.63, 3.8) is 0 Å². The van der Waals surface area contributed by atoms with Gasteiger partial charge in [0, 0.05) is 31.3 Å². The van der Waals surface area contributed by atoms with Gasteiger partial charge in [0.25, 0.3) is 5.56 Å². The fraction of sp³-hybridized carbons (Fsp3) is 0.333. The third kappa shape index (κ3) is 4.58. The predicted octanol–water partition coefficient (Wildman–Crippen LogP) is 2.08. The predicted molar refractivity (Wildman–Crippen MR) is 120 cm³/mol. The zero-order chi connectivity index (χ0) is 22.9. The van der Waals surface area contributed by atoms with Crippen molar-refractivity contribution < 1.29 is 9.59 Å². The molecule has 0 saturated heterocycles. The first kappa shape index (κ1) is 22.4. The van der Waals surface area contributed by atoms with Crippen LogP contribution in [0.1, 0.15) is 42.9 Å². The van der Waals surface area contributed by atoms with E-state index in [9.17, 15) is 19.2 Å². The lowest BCUT2D eigenvalue weighted by Crippen LogP contribution is -2.38. The van der Waals surface area contributed by atoms with Crippen molar-refractivity contribution in [2.75, 3.05) is 11.1 Å². The number of aromatic nitrogens is 4. The Kier molecular flexibility index (Phi) is 6.40. The highest BCUT2D eigenvalue weighted by Crippen LogP contribution is 2.24. The second-order valence-corrected chi connectivity index (χ2v) is 8.38. The van der Waals surface area contributed by atoms with Gasteiger partial charge in [-0.15, -0.1) is 0 Å². The van der Waals surface area contributed by atoms with Crippen molar-refractivity contribution in [1.29, 1.82) is 0 Å². The molecule has 0 aliphatic carbocycles. The first-order valence-corrected chi connectivity index (χ1v) is 10.6. The first-order chi connectivity index (χ1) is 14.6. The van der Waals surface area contributed by atoms with Crippen molar-refractivity contribution >= 4 is 40.2 Å². The number of aryl methyl sites for hydroxylation is 1. The number of benzene rings is 1. The lowest BCUT2D eigenvalue weighted by molar-refractivity contribution is -0.113. The molecule has 0 radical (unpaired) electrons. The molecule has 10 heteroatoms. The van der Waals surface area contributed by atoms with Crippen LogP contribution in [0.15, 0.2) is 38.9 Å². The van der Waals surface area contributed by atoms with Gasteiger partial charge >= 0.3 is 5.69 Å². The summed E-state index contributed by atoms with van der Waals surface area (Å²) >= 11 is 1.11. The number of hydrogen-bond acceptors (Lipinski definition) is 7. The van der Waals surface area contributed by atoms with E-state index in [1.807, 2.05) is 13.8 Å². The summed E-state index contributed by atoms with van der Waals surface area (Å²) in [5, 5.41) is 3.32. The minimum atomic E-state index is -0.504. The number of fused-ring (bicyclic) bond motifs is 1. The van der Waals surface area contributed by atoms with Gasteiger partial charge in [0.1, 0.15) is 16.2 Å². The Morgan fingerprint density at radius 1 is 1.06 bits per heavy atom. The summed E-state index contributed by atoms with van der Waals surface area (Å²) in [6, 6.07) is 6.59. The summed E-state index contributed by atoms with van der Waals surface area (Å²) in [4.78, 5) is 57.8. The largest absolute Gasteiger partial charge is 0.332 e. The van der Waals surface area contributed by atoms with E-state index < -0.39 is 11.2 Å². The molecule has 0 aliphatic rings. The lowest BCUT2D eigenvalue weighted by atomic mass is 10.1. The highest BCUT2D eigenvalue weighted by Gasteiger charge is 2.19. The number of anilines is 1. The zero-order valence-electron chi connectivity index (χ0n) is 17.9. The molecule has 0 fully saturated rings. The van der Waals surface area contributed by atoms with Crippen LogP contribution in [-0.4, -0.2) is 36.5 Å². The molecule has 0 spiro atoms. The van der Waals surface area contributed by atoms with Gasteiger partial charge in [-0.2, -0.15) is 0 Å². The molecule has 1 N–H and O–H groups in total. The molecule has 0 atom stereocenters. The van der Waals surface area contributed by atoms with Gasteiger partial charge in [0.05, 0.1) is 5.75 Å². The number of carbonyl (C=O) groups excluding carboxylic acids is 2. The second kappa shape index (κ2) is 8.84. The fourth-order valence-electron chi connectivity index (χ4n) is 2.93. The molecular formula is C21H23N5O4S. The molecule has 1 aromatic carbocycles. The van der Waals surface area contributed by atoms with Crippen LogP contribution in [0.25, 0.3) is 11.0 Å². The minimum absolute atomic E-state index is 0.00407. The standard InChI is InChI=1S/C21H23N5O4S/c1-11(2)17-23-18-16(20(29)26(5)21(30)25(18)4)19(24-17)31-10-15(28)22-14-8-6-13(7-9-14)12(3)27/h6-9,11H,10H2,1-5H3,(H,22,28). The quantitative estimate of drug-likeness (QED) is 0.354. The topological polar surface area (TPSA) is 116 Å². The summed E-state index contributed by atoms with van der Waals surface area (Å²) in [6.45, 7) is 5.29. The van der Waals surface area contributed by atoms with E-state index in [0.717, 1.165) is 16.3 Å². The van der Waals surface area contributed by atoms with Crippen molar-refractivity contribution in [2.24, 2.45) is 14.1 Å². The lowest BCUT2D eigenvalue weighted by Gasteiger charge is -2.13. The second-order valence-electron chi connectivity index (χ2n) is 7.42. The van der Waals surface area contributed by atoms with Crippen LogP contribution in [0.3, 0.4) is 0 Å². The maximum Gasteiger partial charge on any atom is 0.332 e. The van der Waals surface area contributed by atoms with Crippen molar-refractivity contribution in [3.05, 3.63) is 56.5 Å². The van der Waals surface area contributed by atoms with Crippen LogP contribution in [-0.2, 0) is 18.9 Å². The van der Waals surface area contributed by atoms with Gasteiger partial charge in [-0.3, -0.25) is 23.5 Å². The Bertz CT molecular complexity index is 1290. The number of nitrogens with zero attached hydrogens (tertiary/aromatic N) is 4. The van der Waals surface area contributed by atoms with E-state index in [1.165, 1.54) is 18.5 Å². The number of rotatable bonds is 6. The summed E-state index contributed by atoms with van der Waals surface area (Å²) in [5.41, 5.74) is 0.381. The smallest absolute Gasteiger partial charge is 0.325 e. The van der Waals surface area contributed by atoms with Crippen LogP contribution >= 0.6 is 11.8 Å². The van der Waals surface area contributed by atoms with Gasteiger partial charge in [0.15, 0.2) is 11.4 Å². The van der Waals surface area contributed by atoms with E-state index in [-0.39, 0.29) is 34.4 Å². The van der Waals surface area contributed by atoms with Gasteiger partial charge in [-0.25, -0.2) is 14.8 Å². The van der Waals surface area contributed by atoms with Crippen LogP contribution in [0.5, 0.6) is 0 Å². The average Bonchev–Trinajstić information content (AvgIpc) is 2.74. The molecular weight excluding hydrogens is 418 g/mol. The van der Waals surface area contributed by atoms with Crippen molar-refractivity contribution in [1.82, 2.24) is 19.1 Å². The monoisotopic (exact) mass is 441 g/mol. The van der Waals surface area contributed by atoms with Gasteiger partial charge < -0.3 is 5.32 Å². The Balaban J connectivity index is 1.91.